The van der Waals surface area contributed by atoms with Gasteiger partial charge in [-0.05, 0) is 30.0 Å². The monoisotopic (exact) mass is 468 g/mol. The number of ketones is 1. The molecule has 1 spiro atoms. The lowest BCUT2D eigenvalue weighted by molar-refractivity contribution is -0.125. The van der Waals surface area contributed by atoms with E-state index in [4.69, 9.17) is 5.73 Å². The third-order valence-electron chi connectivity index (χ3n) is 7.05. The number of Topliss-reactive ketones (excluding diaryl/α,β-unsaturated/α-hetero) is 1. The summed E-state index contributed by atoms with van der Waals surface area (Å²) in [6.07, 6.45) is 2.16. The third-order valence-corrected chi connectivity index (χ3v) is 7.05. The van der Waals surface area contributed by atoms with Crippen molar-refractivity contribution in [2.75, 3.05) is 16.3 Å². The number of nitrogens with two attached hydrogens (primary N) is 1. The van der Waals surface area contributed by atoms with Crippen molar-refractivity contribution in [3.05, 3.63) is 95.2 Å². The quantitative estimate of drug-likeness (QED) is 0.672. The van der Waals surface area contributed by atoms with Crippen molar-refractivity contribution in [2.24, 2.45) is 11.1 Å². The number of benzene rings is 2. The van der Waals surface area contributed by atoms with E-state index in [1.165, 1.54) is 15.9 Å². The number of amides is 1. The Bertz CT molecular complexity index is 1410. The lowest BCUT2D eigenvalue weighted by Crippen LogP contribution is -2.54. The van der Waals surface area contributed by atoms with Gasteiger partial charge in [-0.25, -0.2) is 4.39 Å². The Morgan fingerprint density at radius 3 is 2.43 bits per heavy atom. The Hall–Kier alpha value is -4.18. The molecule has 1 atom stereocenters. The predicted octanol–water partition coefficient (Wildman–Crippen LogP) is 4.45. The van der Waals surface area contributed by atoms with E-state index < -0.39 is 22.6 Å². The molecule has 0 saturated carbocycles. The summed E-state index contributed by atoms with van der Waals surface area (Å²) in [6.45, 7) is 7.88. The Labute approximate surface area is 203 Å². The van der Waals surface area contributed by atoms with Crippen LogP contribution in [0.1, 0.15) is 32.3 Å². The van der Waals surface area contributed by atoms with Crippen molar-refractivity contribution in [3.8, 4) is 6.07 Å². The minimum atomic E-state index is -1.69. The van der Waals surface area contributed by atoms with Gasteiger partial charge in [0.15, 0.2) is 5.78 Å². The normalized spacial score (nSPS) is 22.9. The van der Waals surface area contributed by atoms with Crippen LogP contribution in [-0.2, 0) is 15.0 Å². The van der Waals surface area contributed by atoms with E-state index in [-0.39, 0.29) is 41.4 Å². The Balaban J connectivity index is 1.93. The summed E-state index contributed by atoms with van der Waals surface area (Å²) in [4.78, 5) is 31.2. The van der Waals surface area contributed by atoms with Crippen LogP contribution in [0.25, 0.3) is 0 Å². The average molecular weight is 469 g/mol. The minimum absolute atomic E-state index is 0.0505. The van der Waals surface area contributed by atoms with E-state index in [1.54, 1.807) is 48.5 Å². The highest BCUT2D eigenvalue weighted by Gasteiger charge is 2.63. The van der Waals surface area contributed by atoms with Crippen molar-refractivity contribution in [2.45, 2.75) is 32.1 Å². The van der Waals surface area contributed by atoms with Crippen LogP contribution in [0, 0.1) is 22.6 Å². The van der Waals surface area contributed by atoms with Crippen LogP contribution in [0.3, 0.4) is 0 Å². The van der Waals surface area contributed by atoms with Gasteiger partial charge in [-0.3, -0.25) is 14.5 Å². The van der Waals surface area contributed by atoms with Gasteiger partial charge >= 0.3 is 0 Å². The zero-order chi connectivity index (χ0) is 25.1. The summed E-state index contributed by atoms with van der Waals surface area (Å²) < 4.78 is 15.1. The molecule has 2 heterocycles. The van der Waals surface area contributed by atoms with Gasteiger partial charge in [0.05, 0.1) is 11.3 Å². The average Bonchev–Trinajstić information content (AvgIpc) is 3.03. The highest BCUT2D eigenvalue weighted by molar-refractivity contribution is 6.21. The van der Waals surface area contributed by atoms with E-state index in [0.29, 0.717) is 23.4 Å². The van der Waals surface area contributed by atoms with Gasteiger partial charge < -0.3 is 10.6 Å². The molecule has 0 fully saturated rings. The molecule has 1 aliphatic carbocycles. The van der Waals surface area contributed by atoms with Crippen LogP contribution < -0.4 is 15.5 Å². The van der Waals surface area contributed by atoms with E-state index in [9.17, 15) is 14.9 Å². The number of nitriles is 1. The molecule has 3 aliphatic rings. The molecule has 5 rings (SSSR count). The van der Waals surface area contributed by atoms with Gasteiger partial charge in [-0.2, -0.15) is 5.26 Å². The van der Waals surface area contributed by atoms with E-state index in [1.807, 2.05) is 13.8 Å². The topological polar surface area (TPSA) is 90.4 Å². The second-order valence-corrected chi connectivity index (χ2v) is 9.89. The summed E-state index contributed by atoms with van der Waals surface area (Å²) in [5, 5.41) is 10.4. The Morgan fingerprint density at radius 2 is 1.77 bits per heavy atom. The number of allylic oxidation sites excluding steroid dienone is 1. The number of fused-ring (bicyclic) bond motifs is 3. The first-order chi connectivity index (χ1) is 16.7. The first kappa shape index (κ1) is 22.6. The summed E-state index contributed by atoms with van der Waals surface area (Å²) in [6, 6.07) is 15.4. The van der Waals surface area contributed by atoms with Crippen molar-refractivity contribution >= 4 is 23.1 Å². The van der Waals surface area contributed by atoms with Gasteiger partial charge in [0.25, 0.3) is 0 Å². The highest BCUT2D eigenvalue weighted by atomic mass is 19.1. The van der Waals surface area contributed by atoms with Crippen molar-refractivity contribution in [1.29, 1.82) is 5.26 Å². The van der Waals surface area contributed by atoms with Gasteiger partial charge in [0.2, 0.25) is 5.91 Å². The fourth-order valence-electron chi connectivity index (χ4n) is 5.77. The fraction of sp³-hybridized carbons (Fsp3) is 0.250. The van der Waals surface area contributed by atoms with Crippen molar-refractivity contribution in [1.82, 2.24) is 0 Å². The lowest BCUT2D eigenvalue weighted by atomic mass is 9.60. The zero-order valence-corrected chi connectivity index (χ0v) is 19.6. The Morgan fingerprint density at radius 1 is 1.11 bits per heavy atom. The predicted molar refractivity (Wildman–Crippen MR) is 131 cm³/mol. The number of para-hydroxylation sites is 2. The number of halogens is 1. The van der Waals surface area contributed by atoms with Gasteiger partial charge in [0, 0.05) is 35.5 Å². The van der Waals surface area contributed by atoms with Crippen LogP contribution in [0.2, 0.25) is 0 Å². The second-order valence-electron chi connectivity index (χ2n) is 9.89. The molecular weight excluding hydrogens is 443 g/mol. The number of hydrogen-bond donors (Lipinski definition) is 1. The molecule has 2 aromatic rings. The number of anilines is 2. The van der Waals surface area contributed by atoms with Crippen LogP contribution in [0.5, 0.6) is 0 Å². The molecule has 0 saturated heterocycles. The molecule has 0 bridgehead atoms. The molecule has 0 aromatic heterocycles. The van der Waals surface area contributed by atoms with Crippen molar-refractivity contribution in [3.63, 3.8) is 0 Å². The summed E-state index contributed by atoms with van der Waals surface area (Å²) in [7, 11) is 0. The second kappa shape index (κ2) is 7.67. The summed E-state index contributed by atoms with van der Waals surface area (Å²) in [5.41, 5.74) is 6.35. The molecule has 35 heavy (non-hydrogen) atoms. The van der Waals surface area contributed by atoms with E-state index >= 15 is 4.39 Å². The molecule has 0 radical (unpaired) electrons. The third kappa shape index (κ3) is 2.93. The SMILES string of the molecule is C=CCN1C(=O)C2(C(C#N)=C(N)N(c3ccccc3F)C3=C2C(=O)CC(C)(C)C3)c2ccccc21. The number of nitrogens with zero attached hydrogens (tertiary/aromatic N) is 3. The summed E-state index contributed by atoms with van der Waals surface area (Å²) >= 11 is 0. The van der Waals surface area contributed by atoms with Gasteiger partial charge in [-0.1, -0.05) is 50.3 Å². The molecule has 1 amide bonds. The van der Waals surface area contributed by atoms with Gasteiger partial charge in [0.1, 0.15) is 23.1 Å². The molecule has 2 aliphatic heterocycles. The van der Waals surface area contributed by atoms with Crippen molar-refractivity contribution < 1.29 is 14.0 Å². The maximum absolute atomic E-state index is 15.1. The lowest BCUT2D eigenvalue weighted by Gasteiger charge is -2.47. The van der Waals surface area contributed by atoms with Crippen LogP contribution >= 0.6 is 0 Å². The molecule has 176 valence electrons. The minimum Gasteiger partial charge on any atom is -0.384 e. The Kier molecular flexibility index (Phi) is 4.95. The number of hydrogen-bond acceptors (Lipinski definition) is 5. The molecule has 2 N–H and O–H groups in total. The molecule has 6 nitrogen and oxygen atoms in total. The molecular formula is C28H25FN4O2. The first-order valence-corrected chi connectivity index (χ1v) is 11.4. The zero-order valence-electron chi connectivity index (χ0n) is 19.6. The molecule has 7 heteroatoms. The van der Waals surface area contributed by atoms with Crippen LogP contribution in [-0.4, -0.2) is 18.2 Å². The number of rotatable bonds is 3. The maximum atomic E-state index is 15.1. The fourth-order valence-corrected chi connectivity index (χ4v) is 5.77. The molecule has 1 unspecified atom stereocenters. The standard InChI is InChI=1S/C28H25FN4O2/c1-4-13-32-20-11-7-5-9-17(20)28(26(32)35)18(16-30)25(31)33(21-12-8-6-10-19(21)29)22-14-27(2,3)15-23(34)24(22)28/h4-12H,1,13-15,31H2,2-3H3. The van der Waals surface area contributed by atoms with Gasteiger partial charge in [-0.15, -0.1) is 6.58 Å². The highest BCUT2D eigenvalue weighted by Crippen LogP contribution is 2.58. The maximum Gasteiger partial charge on any atom is 0.248 e. The number of carbonyl (C=O) groups is 2. The smallest absolute Gasteiger partial charge is 0.248 e. The van der Waals surface area contributed by atoms with Crippen LogP contribution in [0.4, 0.5) is 15.8 Å². The number of carbonyl (C=O) groups excluding carboxylic acids is 2. The van der Waals surface area contributed by atoms with E-state index in [0.717, 1.165) is 0 Å². The first-order valence-electron chi connectivity index (χ1n) is 11.4. The largest absolute Gasteiger partial charge is 0.384 e. The summed E-state index contributed by atoms with van der Waals surface area (Å²) in [5.74, 6) is -1.27. The molecule has 2 aromatic carbocycles. The van der Waals surface area contributed by atoms with E-state index in [2.05, 4.69) is 12.6 Å². The van der Waals surface area contributed by atoms with Crippen LogP contribution in [0.15, 0.2) is 83.9 Å².